The maximum atomic E-state index is 11.9. The topological polar surface area (TPSA) is 52.6 Å². The molecule has 4 nitrogen and oxygen atoms in total. The van der Waals surface area contributed by atoms with E-state index in [9.17, 15) is 9.59 Å². The third-order valence-electron chi connectivity index (χ3n) is 3.33. The molecule has 24 heavy (non-hydrogen) atoms. The number of aryl methyl sites for hydroxylation is 1. The van der Waals surface area contributed by atoms with E-state index in [0.29, 0.717) is 36.7 Å². The molecule has 0 radical (unpaired) electrons. The molecule has 0 unspecified atom stereocenters. The van der Waals surface area contributed by atoms with Crippen LogP contribution in [0.3, 0.4) is 0 Å². The Hall–Kier alpha value is -2.62. The number of esters is 2. The molecule has 2 rings (SSSR count). The van der Waals surface area contributed by atoms with Gasteiger partial charge in [-0.2, -0.15) is 0 Å². The second kappa shape index (κ2) is 8.87. The van der Waals surface area contributed by atoms with Gasteiger partial charge in [-0.3, -0.25) is 4.79 Å². The Bertz CT molecular complexity index is 660. The van der Waals surface area contributed by atoms with Crippen molar-refractivity contribution in [3.63, 3.8) is 0 Å². The van der Waals surface area contributed by atoms with Crippen molar-refractivity contribution in [2.45, 2.75) is 26.7 Å². The van der Waals surface area contributed by atoms with Crippen LogP contribution in [0.1, 0.15) is 36.2 Å². The lowest BCUT2D eigenvalue weighted by molar-refractivity contribution is -0.134. The zero-order valence-corrected chi connectivity index (χ0v) is 14.0. The molecule has 0 aliphatic rings. The summed E-state index contributed by atoms with van der Waals surface area (Å²) in [5, 5.41) is 0. The van der Waals surface area contributed by atoms with Gasteiger partial charge in [0.15, 0.2) is 0 Å². The first kappa shape index (κ1) is 17.7. The number of carbonyl (C=O) groups excluding carboxylic acids is 2. The van der Waals surface area contributed by atoms with Crippen LogP contribution < -0.4 is 4.74 Å². The Morgan fingerprint density at radius 3 is 2.25 bits per heavy atom. The fraction of sp³-hybridized carbons (Fsp3) is 0.300. The van der Waals surface area contributed by atoms with E-state index in [-0.39, 0.29) is 11.9 Å². The van der Waals surface area contributed by atoms with Crippen molar-refractivity contribution < 1.29 is 19.1 Å². The van der Waals surface area contributed by atoms with E-state index in [1.807, 2.05) is 44.2 Å². The summed E-state index contributed by atoms with van der Waals surface area (Å²) in [6.45, 7) is 4.34. The minimum Gasteiger partial charge on any atom is -0.462 e. The monoisotopic (exact) mass is 326 g/mol. The Morgan fingerprint density at radius 2 is 1.62 bits per heavy atom. The van der Waals surface area contributed by atoms with Gasteiger partial charge in [0.1, 0.15) is 5.75 Å². The fourth-order valence-electron chi connectivity index (χ4n) is 2.06. The molecule has 4 heteroatoms. The normalized spacial score (nSPS) is 10.5. The van der Waals surface area contributed by atoms with Crippen molar-refractivity contribution in [1.29, 1.82) is 0 Å². The zero-order chi connectivity index (χ0) is 17.4. The molecule has 2 aromatic rings. The van der Waals surface area contributed by atoms with Crippen molar-refractivity contribution in [3.8, 4) is 5.75 Å². The minimum atomic E-state index is -0.370. The van der Waals surface area contributed by atoms with Crippen molar-refractivity contribution in [2.75, 3.05) is 6.61 Å². The Morgan fingerprint density at radius 1 is 0.958 bits per heavy atom. The molecule has 0 N–H and O–H groups in total. The highest BCUT2D eigenvalue weighted by Crippen LogP contribution is 2.14. The highest BCUT2D eigenvalue weighted by atomic mass is 16.5. The van der Waals surface area contributed by atoms with Crippen molar-refractivity contribution in [2.24, 2.45) is 5.92 Å². The highest BCUT2D eigenvalue weighted by molar-refractivity contribution is 5.89. The number of carbonyl (C=O) groups is 2. The van der Waals surface area contributed by atoms with Crippen LogP contribution in [0.5, 0.6) is 5.75 Å². The van der Waals surface area contributed by atoms with Gasteiger partial charge in [0.25, 0.3) is 0 Å². The van der Waals surface area contributed by atoms with E-state index in [4.69, 9.17) is 9.47 Å². The maximum absolute atomic E-state index is 11.9. The molecule has 0 atom stereocenters. The van der Waals surface area contributed by atoms with Gasteiger partial charge in [-0.15, -0.1) is 0 Å². The standard InChI is InChI=1S/C20H22O4/c1-15(2)14-23-20(22)17-9-11-18(12-10-17)24-19(21)13-8-16-6-4-3-5-7-16/h3-7,9-12,15H,8,13-14H2,1-2H3. The molecule has 0 saturated heterocycles. The van der Waals surface area contributed by atoms with Crippen molar-refractivity contribution in [3.05, 3.63) is 65.7 Å². The quantitative estimate of drug-likeness (QED) is 0.569. The molecular formula is C20H22O4. The first-order valence-electron chi connectivity index (χ1n) is 8.06. The first-order chi connectivity index (χ1) is 11.5. The molecule has 0 amide bonds. The first-order valence-corrected chi connectivity index (χ1v) is 8.06. The Kier molecular flexibility index (Phi) is 6.55. The van der Waals surface area contributed by atoms with Crippen molar-refractivity contribution in [1.82, 2.24) is 0 Å². The molecule has 0 aromatic heterocycles. The van der Waals surface area contributed by atoms with E-state index in [1.54, 1.807) is 24.3 Å². The number of hydrogen-bond acceptors (Lipinski definition) is 4. The summed E-state index contributed by atoms with van der Waals surface area (Å²) in [6.07, 6.45) is 0.946. The predicted octanol–water partition coefficient (Wildman–Crippen LogP) is 4.04. The molecule has 0 heterocycles. The molecule has 0 aliphatic heterocycles. The van der Waals surface area contributed by atoms with Gasteiger partial charge in [-0.25, -0.2) is 4.79 Å². The molecular weight excluding hydrogens is 304 g/mol. The highest BCUT2D eigenvalue weighted by Gasteiger charge is 2.10. The average Bonchev–Trinajstić information content (AvgIpc) is 2.59. The largest absolute Gasteiger partial charge is 0.462 e. The van der Waals surface area contributed by atoms with E-state index >= 15 is 0 Å². The average molecular weight is 326 g/mol. The minimum absolute atomic E-state index is 0.291. The van der Waals surface area contributed by atoms with Gasteiger partial charge in [-0.05, 0) is 42.2 Å². The smallest absolute Gasteiger partial charge is 0.338 e. The van der Waals surface area contributed by atoms with Gasteiger partial charge in [0.2, 0.25) is 0 Å². The molecule has 0 fully saturated rings. The maximum Gasteiger partial charge on any atom is 0.338 e. The number of hydrogen-bond donors (Lipinski definition) is 0. The molecule has 0 spiro atoms. The second-order valence-corrected chi connectivity index (χ2v) is 5.98. The summed E-state index contributed by atoms with van der Waals surface area (Å²) >= 11 is 0. The van der Waals surface area contributed by atoms with Crippen LogP contribution >= 0.6 is 0 Å². The number of benzene rings is 2. The number of rotatable bonds is 7. The Labute approximate surface area is 142 Å². The summed E-state index contributed by atoms with van der Waals surface area (Å²) in [4.78, 5) is 23.7. The molecule has 0 saturated carbocycles. The predicted molar refractivity (Wildman–Crippen MR) is 92.0 cm³/mol. The lowest BCUT2D eigenvalue weighted by Gasteiger charge is -2.08. The lowest BCUT2D eigenvalue weighted by atomic mass is 10.1. The van der Waals surface area contributed by atoms with Crippen LogP contribution in [0, 0.1) is 5.92 Å². The zero-order valence-electron chi connectivity index (χ0n) is 14.0. The van der Waals surface area contributed by atoms with Crippen LogP contribution in [0.2, 0.25) is 0 Å². The number of ether oxygens (including phenoxy) is 2. The van der Waals surface area contributed by atoms with Crippen LogP contribution in [-0.4, -0.2) is 18.5 Å². The third-order valence-corrected chi connectivity index (χ3v) is 3.33. The van der Waals surface area contributed by atoms with Crippen LogP contribution in [0.4, 0.5) is 0 Å². The fourth-order valence-corrected chi connectivity index (χ4v) is 2.06. The SMILES string of the molecule is CC(C)COC(=O)c1ccc(OC(=O)CCc2ccccc2)cc1. The van der Waals surface area contributed by atoms with Gasteiger partial charge in [0.05, 0.1) is 12.2 Å². The van der Waals surface area contributed by atoms with Crippen LogP contribution in [0.15, 0.2) is 54.6 Å². The van der Waals surface area contributed by atoms with Gasteiger partial charge < -0.3 is 9.47 Å². The summed E-state index contributed by atoms with van der Waals surface area (Å²) in [7, 11) is 0. The van der Waals surface area contributed by atoms with Gasteiger partial charge in [-0.1, -0.05) is 44.2 Å². The summed E-state index contributed by atoms with van der Waals surface area (Å²) in [5.74, 6) is 0.0481. The van der Waals surface area contributed by atoms with Crippen molar-refractivity contribution >= 4 is 11.9 Å². The third kappa shape index (κ3) is 5.88. The molecule has 0 bridgehead atoms. The van der Waals surface area contributed by atoms with E-state index in [2.05, 4.69) is 0 Å². The Balaban J connectivity index is 1.82. The lowest BCUT2D eigenvalue weighted by Crippen LogP contribution is -2.11. The molecule has 2 aromatic carbocycles. The summed E-state index contributed by atoms with van der Waals surface area (Å²) in [6, 6.07) is 16.2. The van der Waals surface area contributed by atoms with E-state index in [1.165, 1.54) is 0 Å². The summed E-state index contributed by atoms with van der Waals surface area (Å²) < 4.78 is 10.4. The van der Waals surface area contributed by atoms with Crippen LogP contribution in [-0.2, 0) is 16.0 Å². The van der Waals surface area contributed by atoms with E-state index in [0.717, 1.165) is 5.56 Å². The van der Waals surface area contributed by atoms with E-state index < -0.39 is 0 Å². The summed E-state index contributed by atoms with van der Waals surface area (Å²) in [5.41, 5.74) is 1.54. The second-order valence-electron chi connectivity index (χ2n) is 5.98. The molecule has 0 aliphatic carbocycles. The van der Waals surface area contributed by atoms with Gasteiger partial charge >= 0.3 is 11.9 Å². The van der Waals surface area contributed by atoms with Crippen LogP contribution in [0.25, 0.3) is 0 Å². The molecule has 126 valence electrons. The van der Waals surface area contributed by atoms with Gasteiger partial charge in [0, 0.05) is 6.42 Å².